The first-order valence-electron chi connectivity index (χ1n) is 7.26. The monoisotopic (exact) mass is 272 g/mol. The fraction of sp³-hybridized carbons (Fsp3) is 0.857. The summed E-state index contributed by atoms with van der Waals surface area (Å²) in [5.74, 6) is -1.12. The van der Waals surface area contributed by atoms with Gasteiger partial charge < -0.3 is 15.7 Å². The molecule has 0 aromatic rings. The van der Waals surface area contributed by atoms with Gasteiger partial charge in [0.15, 0.2) is 0 Å². The zero-order valence-electron chi connectivity index (χ0n) is 12.4. The van der Waals surface area contributed by atoms with E-state index in [0.717, 1.165) is 12.8 Å². The number of unbranched alkanes of at least 4 members (excludes halogenated alkanes) is 5. The van der Waals surface area contributed by atoms with Crippen molar-refractivity contribution in [3.05, 3.63) is 0 Å². The molecule has 0 bridgehead atoms. The summed E-state index contributed by atoms with van der Waals surface area (Å²) in [6, 6.07) is -1.22. The predicted octanol–water partition coefficient (Wildman–Crippen LogP) is 2.76. The number of hydrogen-bond donors (Lipinski definition) is 3. The summed E-state index contributed by atoms with van der Waals surface area (Å²) in [7, 11) is 0. The lowest BCUT2D eigenvalue weighted by atomic mass is 10.1. The number of carboxylic acids is 1. The largest absolute Gasteiger partial charge is 0.480 e. The molecule has 0 saturated heterocycles. The fourth-order valence-electron chi connectivity index (χ4n) is 1.81. The van der Waals surface area contributed by atoms with Crippen LogP contribution in [0.3, 0.4) is 0 Å². The molecule has 5 heteroatoms. The Kier molecular flexibility index (Phi) is 9.94. The molecule has 0 aromatic heterocycles. The van der Waals surface area contributed by atoms with Crippen LogP contribution in [0.4, 0.5) is 4.79 Å². The zero-order valence-corrected chi connectivity index (χ0v) is 12.4. The van der Waals surface area contributed by atoms with Crippen molar-refractivity contribution in [1.82, 2.24) is 10.6 Å². The van der Waals surface area contributed by atoms with Crippen molar-refractivity contribution in [2.75, 3.05) is 6.54 Å². The first-order valence-corrected chi connectivity index (χ1v) is 7.26. The van der Waals surface area contributed by atoms with Gasteiger partial charge in [-0.3, -0.25) is 0 Å². The van der Waals surface area contributed by atoms with Crippen LogP contribution in [0.2, 0.25) is 0 Å². The minimum Gasteiger partial charge on any atom is -0.480 e. The highest BCUT2D eigenvalue weighted by atomic mass is 16.4. The van der Waals surface area contributed by atoms with Crippen LogP contribution in [0.15, 0.2) is 0 Å². The number of rotatable bonds is 10. The lowest BCUT2D eigenvalue weighted by Gasteiger charge is -2.18. The normalized spacial score (nSPS) is 12.2. The average Bonchev–Trinajstić information content (AvgIpc) is 2.34. The van der Waals surface area contributed by atoms with Crippen LogP contribution in [-0.2, 0) is 4.79 Å². The van der Waals surface area contributed by atoms with Gasteiger partial charge in [0, 0.05) is 6.54 Å². The highest BCUT2D eigenvalue weighted by Gasteiger charge is 2.22. The van der Waals surface area contributed by atoms with Crippen LogP contribution in [-0.4, -0.2) is 29.7 Å². The lowest BCUT2D eigenvalue weighted by molar-refractivity contribution is -0.140. The molecule has 0 fully saturated rings. The molecule has 0 unspecified atom stereocenters. The Balaban J connectivity index is 3.66. The van der Waals surface area contributed by atoms with E-state index in [1.165, 1.54) is 25.7 Å². The van der Waals surface area contributed by atoms with Gasteiger partial charge in [0.1, 0.15) is 6.04 Å². The molecular formula is C14H28N2O3. The van der Waals surface area contributed by atoms with E-state index in [9.17, 15) is 9.59 Å². The molecule has 0 aliphatic rings. The van der Waals surface area contributed by atoms with Crippen LogP contribution in [0.25, 0.3) is 0 Å². The van der Waals surface area contributed by atoms with Gasteiger partial charge in [-0.05, 0) is 12.3 Å². The Morgan fingerprint density at radius 3 is 2.16 bits per heavy atom. The Bertz CT molecular complexity index is 267. The van der Waals surface area contributed by atoms with E-state index in [4.69, 9.17) is 5.11 Å². The van der Waals surface area contributed by atoms with Crippen molar-refractivity contribution in [2.45, 2.75) is 65.3 Å². The summed E-state index contributed by atoms with van der Waals surface area (Å²) in [6.45, 7) is 6.32. The molecule has 1 atom stereocenters. The second-order valence-electron chi connectivity index (χ2n) is 5.23. The minimum absolute atomic E-state index is 0.128. The maximum atomic E-state index is 11.5. The fourth-order valence-corrected chi connectivity index (χ4v) is 1.81. The van der Waals surface area contributed by atoms with E-state index in [0.29, 0.717) is 6.54 Å². The molecule has 0 aliphatic heterocycles. The van der Waals surface area contributed by atoms with Gasteiger partial charge >= 0.3 is 12.0 Å². The molecule has 5 nitrogen and oxygen atoms in total. The van der Waals surface area contributed by atoms with Gasteiger partial charge in [0.25, 0.3) is 0 Å². The van der Waals surface area contributed by atoms with Crippen LogP contribution in [0, 0.1) is 5.92 Å². The summed E-state index contributed by atoms with van der Waals surface area (Å²) in [6.07, 6.45) is 6.98. The third-order valence-corrected chi connectivity index (χ3v) is 3.04. The van der Waals surface area contributed by atoms with E-state index in [-0.39, 0.29) is 5.92 Å². The number of nitrogens with one attached hydrogen (secondary N) is 2. The summed E-state index contributed by atoms with van der Waals surface area (Å²) in [5.41, 5.74) is 0. The van der Waals surface area contributed by atoms with E-state index in [1.54, 1.807) is 13.8 Å². The van der Waals surface area contributed by atoms with Gasteiger partial charge in [-0.1, -0.05) is 52.9 Å². The molecule has 0 aromatic carbocycles. The highest BCUT2D eigenvalue weighted by Crippen LogP contribution is 2.04. The van der Waals surface area contributed by atoms with Crippen molar-refractivity contribution in [1.29, 1.82) is 0 Å². The molecule has 0 saturated carbocycles. The molecule has 0 rings (SSSR count). The second-order valence-corrected chi connectivity index (χ2v) is 5.23. The summed E-state index contributed by atoms with van der Waals surface area (Å²) in [4.78, 5) is 22.4. The van der Waals surface area contributed by atoms with Gasteiger partial charge in [0.05, 0.1) is 0 Å². The number of aliphatic carboxylic acids is 1. The number of urea groups is 1. The first kappa shape index (κ1) is 17.7. The number of carboxylic acid groups (broad SMARTS) is 1. The molecule has 0 spiro atoms. The summed E-state index contributed by atoms with van der Waals surface area (Å²) >= 11 is 0. The second kappa shape index (κ2) is 10.6. The number of carbonyl (C=O) groups is 2. The molecule has 2 amide bonds. The van der Waals surface area contributed by atoms with Crippen LogP contribution < -0.4 is 10.6 Å². The van der Waals surface area contributed by atoms with E-state index < -0.39 is 18.0 Å². The topological polar surface area (TPSA) is 78.4 Å². The molecule has 19 heavy (non-hydrogen) atoms. The van der Waals surface area contributed by atoms with Crippen molar-refractivity contribution in [3.63, 3.8) is 0 Å². The quantitative estimate of drug-likeness (QED) is 0.535. The van der Waals surface area contributed by atoms with Gasteiger partial charge in [-0.2, -0.15) is 0 Å². The predicted molar refractivity (Wildman–Crippen MR) is 76.2 cm³/mol. The van der Waals surface area contributed by atoms with Crippen molar-refractivity contribution in [3.8, 4) is 0 Å². The average molecular weight is 272 g/mol. The summed E-state index contributed by atoms with van der Waals surface area (Å²) < 4.78 is 0. The summed E-state index contributed by atoms with van der Waals surface area (Å²) in [5, 5.41) is 14.1. The lowest BCUT2D eigenvalue weighted by Crippen LogP contribution is -2.48. The maximum absolute atomic E-state index is 11.5. The minimum atomic E-state index is -0.996. The van der Waals surface area contributed by atoms with Crippen LogP contribution in [0.1, 0.15) is 59.3 Å². The first-order chi connectivity index (χ1) is 8.99. The number of amides is 2. The molecule has 3 N–H and O–H groups in total. The molecule has 0 radical (unpaired) electrons. The standard InChI is InChI=1S/C14H28N2O3/c1-4-5-6-7-8-9-10-15-14(19)16-12(11(2)3)13(17)18/h11-12H,4-10H2,1-3H3,(H,17,18)(H2,15,16,19)/t12-/m0/s1. The van der Waals surface area contributed by atoms with Gasteiger partial charge in [-0.15, -0.1) is 0 Å². The van der Waals surface area contributed by atoms with Gasteiger partial charge in [0.2, 0.25) is 0 Å². The van der Waals surface area contributed by atoms with Gasteiger partial charge in [-0.25, -0.2) is 9.59 Å². The number of hydrogen-bond acceptors (Lipinski definition) is 2. The highest BCUT2D eigenvalue weighted by molar-refractivity contribution is 5.82. The van der Waals surface area contributed by atoms with E-state index >= 15 is 0 Å². The Morgan fingerprint density at radius 1 is 1.05 bits per heavy atom. The maximum Gasteiger partial charge on any atom is 0.326 e. The molecule has 0 heterocycles. The van der Waals surface area contributed by atoms with Crippen molar-refractivity contribution >= 4 is 12.0 Å². The van der Waals surface area contributed by atoms with Crippen molar-refractivity contribution in [2.24, 2.45) is 5.92 Å². The smallest absolute Gasteiger partial charge is 0.326 e. The van der Waals surface area contributed by atoms with Crippen LogP contribution in [0.5, 0.6) is 0 Å². The molecule has 112 valence electrons. The molecular weight excluding hydrogens is 244 g/mol. The Hall–Kier alpha value is -1.26. The van der Waals surface area contributed by atoms with Crippen molar-refractivity contribution < 1.29 is 14.7 Å². The zero-order chi connectivity index (χ0) is 14.7. The Labute approximate surface area is 116 Å². The Morgan fingerprint density at radius 2 is 1.63 bits per heavy atom. The van der Waals surface area contributed by atoms with E-state index in [1.807, 2.05) is 0 Å². The SMILES string of the molecule is CCCCCCCCNC(=O)N[C@H](C(=O)O)C(C)C. The molecule has 0 aliphatic carbocycles. The number of carbonyl (C=O) groups excluding carboxylic acids is 1. The van der Waals surface area contributed by atoms with E-state index in [2.05, 4.69) is 17.6 Å². The van der Waals surface area contributed by atoms with Crippen LogP contribution >= 0.6 is 0 Å². The third-order valence-electron chi connectivity index (χ3n) is 3.04. The third kappa shape index (κ3) is 9.33.